The topological polar surface area (TPSA) is 78.0 Å². The van der Waals surface area contributed by atoms with Crippen molar-refractivity contribution in [3.63, 3.8) is 0 Å². The number of anilines is 1. The van der Waals surface area contributed by atoms with Crippen LogP contribution in [0.2, 0.25) is 5.02 Å². The molecular formula is C12H13ClFN3O2S. The van der Waals surface area contributed by atoms with Crippen LogP contribution in [0.4, 0.5) is 10.3 Å². The van der Waals surface area contributed by atoms with Gasteiger partial charge in [-0.1, -0.05) is 11.6 Å². The first-order valence-corrected chi connectivity index (χ1v) is 8.40. The fourth-order valence-electron chi connectivity index (χ4n) is 2.70. The summed E-state index contributed by atoms with van der Waals surface area (Å²) < 4.78 is 38.6. The highest BCUT2D eigenvalue weighted by Gasteiger charge is 2.28. The van der Waals surface area contributed by atoms with Crippen molar-refractivity contribution in [1.29, 1.82) is 0 Å². The number of halogens is 2. The Kier molecular flexibility index (Phi) is 3.13. The number of sulfone groups is 1. The van der Waals surface area contributed by atoms with Gasteiger partial charge in [-0.2, -0.15) is 0 Å². The highest BCUT2D eigenvalue weighted by atomic mass is 35.5. The molecule has 0 amide bonds. The van der Waals surface area contributed by atoms with Gasteiger partial charge in [-0.3, -0.25) is 0 Å². The van der Waals surface area contributed by atoms with Gasteiger partial charge in [0.25, 0.3) is 0 Å². The number of nitrogens with two attached hydrogens (primary N) is 1. The molecule has 0 aliphatic carbocycles. The minimum absolute atomic E-state index is 0.0255. The molecule has 2 heterocycles. The van der Waals surface area contributed by atoms with Crippen molar-refractivity contribution in [2.45, 2.75) is 18.9 Å². The lowest BCUT2D eigenvalue weighted by atomic mass is 10.1. The van der Waals surface area contributed by atoms with E-state index in [1.165, 1.54) is 12.1 Å². The molecule has 1 aromatic carbocycles. The number of imidazole rings is 1. The van der Waals surface area contributed by atoms with Gasteiger partial charge in [-0.15, -0.1) is 0 Å². The van der Waals surface area contributed by atoms with Crippen LogP contribution in [0.15, 0.2) is 12.1 Å². The Balaban J connectivity index is 2.16. The molecule has 1 fully saturated rings. The Morgan fingerprint density at radius 2 is 2.20 bits per heavy atom. The molecule has 5 nitrogen and oxygen atoms in total. The van der Waals surface area contributed by atoms with E-state index in [1.807, 2.05) is 0 Å². The zero-order valence-corrected chi connectivity index (χ0v) is 12.1. The van der Waals surface area contributed by atoms with Gasteiger partial charge >= 0.3 is 0 Å². The van der Waals surface area contributed by atoms with Crippen molar-refractivity contribution in [3.05, 3.63) is 23.0 Å². The number of nitrogens with zero attached hydrogens (tertiary/aromatic N) is 2. The van der Waals surface area contributed by atoms with Gasteiger partial charge in [-0.05, 0) is 18.9 Å². The van der Waals surface area contributed by atoms with Crippen LogP contribution in [0.25, 0.3) is 11.0 Å². The fourth-order valence-corrected chi connectivity index (χ4v) is 4.53. The summed E-state index contributed by atoms with van der Waals surface area (Å²) in [7, 11) is -3.07. The number of aromatic nitrogens is 2. The maximum absolute atomic E-state index is 13.4. The molecule has 1 atom stereocenters. The SMILES string of the molecule is Nc1nc2cc(F)c(Cl)cc2n1C1CCCS(=O)(=O)C1. The molecule has 2 aromatic rings. The van der Waals surface area contributed by atoms with Crippen molar-refractivity contribution >= 4 is 38.4 Å². The van der Waals surface area contributed by atoms with E-state index < -0.39 is 15.7 Å². The quantitative estimate of drug-likeness (QED) is 0.874. The molecule has 1 aliphatic heterocycles. The highest BCUT2D eigenvalue weighted by molar-refractivity contribution is 7.91. The van der Waals surface area contributed by atoms with Gasteiger partial charge in [-0.25, -0.2) is 17.8 Å². The predicted octanol–water partition coefficient (Wildman–Crippen LogP) is 2.16. The van der Waals surface area contributed by atoms with Gasteiger partial charge < -0.3 is 10.3 Å². The normalized spacial score (nSPS) is 22.2. The van der Waals surface area contributed by atoms with E-state index >= 15 is 0 Å². The fraction of sp³-hybridized carbons (Fsp3) is 0.417. The second-order valence-corrected chi connectivity index (χ2v) is 7.64. The minimum Gasteiger partial charge on any atom is -0.369 e. The van der Waals surface area contributed by atoms with Crippen molar-refractivity contribution in [2.24, 2.45) is 0 Å². The third-order valence-corrected chi connectivity index (χ3v) is 5.66. The van der Waals surface area contributed by atoms with Crippen molar-refractivity contribution in [1.82, 2.24) is 9.55 Å². The molecule has 1 aliphatic rings. The Bertz CT molecular complexity index is 788. The molecule has 0 bridgehead atoms. The number of hydrogen-bond donors (Lipinski definition) is 1. The Labute approximate surface area is 120 Å². The summed E-state index contributed by atoms with van der Waals surface area (Å²) >= 11 is 5.79. The van der Waals surface area contributed by atoms with Gasteiger partial charge in [0.05, 0.1) is 33.6 Å². The lowest BCUT2D eigenvalue weighted by molar-refractivity contribution is 0.483. The molecule has 1 unspecified atom stereocenters. The third-order valence-electron chi connectivity index (χ3n) is 3.56. The summed E-state index contributed by atoms with van der Waals surface area (Å²) in [5, 5.41) is -0.0303. The number of hydrogen-bond acceptors (Lipinski definition) is 4. The van der Waals surface area contributed by atoms with Gasteiger partial charge in [0.1, 0.15) is 5.82 Å². The molecule has 8 heteroatoms. The minimum atomic E-state index is -3.07. The first-order valence-electron chi connectivity index (χ1n) is 6.20. The number of fused-ring (bicyclic) bond motifs is 1. The van der Waals surface area contributed by atoms with Crippen LogP contribution in [0.3, 0.4) is 0 Å². The Morgan fingerprint density at radius 3 is 2.90 bits per heavy atom. The van der Waals surface area contributed by atoms with Crippen LogP contribution in [-0.4, -0.2) is 29.5 Å². The number of rotatable bonds is 1. The Morgan fingerprint density at radius 1 is 1.45 bits per heavy atom. The molecule has 2 N–H and O–H groups in total. The summed E-state index contributed by atoms with van der Waals surface area (Å²) in [5.74, 6) is -0.160. The van der Waals surface area contributed by atoms with E-state index in [4.69, 9.17) is 17.3 Å². The first-order chi connectivity index (χ1) is 9.37. The molecule has 0 saturated carbocycles. The van der Waals surface area contributed by atoms with Crippen LogP contribution >= 0.6 is 11.6 Å². The van der Waals surface area contributed by atoms with Crippen molar-refractivity contribution in [2.75, 3.05) is 17.2 Å². The molecule has 3 rings (SSSR count). The summed E-state index contributed by atoms with van der Waals surface area (Å²) in [5.41, 5.74) is 6.81. The number of nitrogen functional groups attached to an aromatic ring is 1. The monoisotopic (exact) mass is 317 g/mol. The van der Waals surface area contributed by atoms with E-state index in [9.17, 15) is 12.8 Å². The molecule has 0 spiro atoms. The summed E-state index contributed by atoms with van der Waals surface area (Å²) in [6, 6.07) is 2.37. The van der Waals surface area contributed by atoms with E-state index in [0.717, 1.165) is 0 Å². The van der Waals surface area contributed by atoms with E-state index in [2.05, 4.69) is 4.98 Å². The highest BCUT2D eigenvalue weighted by Crippen LogP contribution is 2.32. The number of benzene rings is 1. The van der Waals surface area contributed by atoms with Crippen molar-refractivity contribution < 1.29 is 12.8 Å². The maximum atomic E-state index is 13.4. The lowest BCUT2D eigenvalue weighted by Crippen LogP contribution is -2.28. The smallest absolute Gasteiger partial charge is 0.201 e. The van der Waals surface area contributed by atoms with E-state index in [-0.39, 0.29) is 28.5 Å². The van der Waals surface area contributed by atoms with Crippen LogP contribution in [0.1, 0.15) is 18.9 Å². The first kappa shape index (κ1) is 13.6. The second kappa shape index (κ2) is 4.60. The molecule has 20 heavy (non-hydrogen) atoms. The summed E-state index contributed by atoms with van der Waals surface area (Å²) in [6.07, 6.45) is 1.28. The average molecular weight is 318 g/mol. The standard InChI is InChI=1S/C12H13ClFN3O2S/c13-8-4-11-10(5-9(8)14)16-12(15)17(11)7-2-1-3-20(18,19)6-7/h4-5,7H,1-3,6H2,(H2,15,16). The van der Waals surface area contributed by atoms with Crippen LogP contribution in [0, 0.1) is 5.82 Å². The maximum Gasteiger partial charge on any atom is 0.201 e. The second-order valence-electron chi connectivity index (χ2n) is 5.01. The van der Waals surface area contributed by atoms with Crippen molar-refractivity contribution in [3.8, 4) is 0 Å². The van der Waals surface area contributed by atoms with Gasteiger partial charge in [0, 0.05) is 6.07 Å². The summed E-state index contributed by atoms with van der Waals surface area (Å²) in [4.78, 5) is 4.09. The molecular weight excluding hydrogens is 305 g/mol. The third kappa shape index (κ3) is 2.25. The van der Waals surface area contributed by atoms with Crippen LogP contribution < -0.4 is 5.73 Å². The zero-order valence-electron chi connectivity index (χ0n) is 10.5. The molecule has 1 aromatic heterocycles. The van der Waals surface area contributed by atoms with E-state index in [1.54, 1.807) is 4.57 Å². The molecule has 108 valence electrons. The van der Waals surface area contributed by atoms with Crippen LogP contribution in [-0.2, 0) is 9.84 Å². The van der Waals surface area contributed by atoms with Crippen LogP contribution in [0.5, 0.6) is 0 Å². The summed E-state index contributed by atoms with van der Waals surface area (Å²) in [6.45, 7) is 0. The predicted molar refractivity (Wildman–Crippen MR) is 76.0 cm³/mol. The molecule has 0 radical (unpaired) electrons. The molecule has 1 saturated heterocycles. The van der Waals surface area contributed by atoms with Gasteiger partial charge in [0.15, 0.2) is 9.84 Å². The zero-order chi connectivity index (χ0) is 14.5. The lowest BCUT2D eigenvalue weighted by Gasteiger charge is -2.24. The van der Waals surface area contributed by atoms with Gasteiger partial charge in [0.2, 0.25) is 5.95 Å². The average Bonchev–Trinajstić information content (AvgIpc) is 2.64. The Hall–Kier alpha value is -1.34. The largest absolute Gasteiger partial charge is 0.369 e. The van der Waals surface area contributed by atoms with E-state index in [0.29, 0.717) is 23.9 Å².